The fourth-order valence-electron chi connectivity index (χ4n) is 1.14. The number of nitrogens with zero attached hydrogens (tertiary/aromatic N) is 1. The van der Waals surface area contributed by atoms with Crippen LogP contribution < -0.4 is 0 Å². The lowest BCUT2D eigenvalue weighted by Crippen LogP contribution is -2.32. The second-order valence-electron chi connectivity index (χ2n) is 2.94. The van der Waals surface area contributed by atoms with Gasteiger partial charge in [-0.05, 0) is 6.92 Å². The predicted octanol–water partition coefficient (Wildman–Crippen LogP) is 0.744. The van der Waals surface area contributed by atoms with Gasteiger partial charge in [-0.15, -0.1) is 0 Å². The molecule has 0 aromatic heterocycles. The van der Waals surface area contributed by atoms with Crippen molar-refractivity contribution in [2.75, 3.05) is 19.3 Å². The molecule has 0 spiro atoms. The molecule has 3 nitrogen and oxygen atoms in total. The highest BCUT2D eigenvalue weighted by Gasteiger charge is 2.30. The molecule has 0 aromatic carbocycles. The zero-order valence-corrected chi connectivity index (χ0v) is 8.19. The van der Waals surface area contributed by atoms with Gasteiger partial charge in [0.25, 0.3) is 0 Å². The fourth-order valence-corrected chi connectivity index (χ4v) is 2.11. The van der Waals surface area contributed by atoms with Gasteiger partial charge in [0.05, 0.1) is 5.92 Å². The Labute approximate surface area is 76.5 Å². The van der Waals surface area contributed by atoms with Crippen molar-refractivity contribution in [2.24, 2.45) is 5.92 Å². The highest BCUT2D eigenvalue weighted by molar-refractivity contribution is 8.14. The Balaban J connectivity index is 2.48. The number of rotatable bonds is 2. The number of thioether (sulfide) groups is 1. The van der Waals surface area contributed by atoms with E-state index in [1.165, 1.54) is 11.8 Å². The summed E-state index contributed by atoms with van der Waals surface area (Å²) < 4.78 is 0. The molecule has 1 unspecified atom stereocenters. The largest absolute Gasteiger partial charge is 0.346 e. The Morgan fingerprint density at radius 3 is 2.83 bits per heavy atom. The first-order chi connectivity index (χ1) is 5.65. The molecule has 1 amide bonds. The molecule has 0 aromatic rings. The van der Waals surface area contributed by atoms with E-state index in [-0.39, 0.29) is 16.9 Å². The molecular formula is C8H13NO2S. The van der Waals surface area contributed by atoms with Crippen LogP contribution in [0.15, 0.2) is 0 Å². The van der Waals surface area contributed by atoms with E-state index in [4.69, 9.17) is 0 Å². The molecule has 1 fully saturated rings. The van der Waals surface area contributed by atoms with Crippen LogP contribution in [-0.2, 0) is 9.59 Å². The van der Waals surface area contributed by atoms with Crippen LogP contribution in [0.25, 0.3) is 0 Å². The second-order valence-corrected chi connectivity index (χ2v) is 4.01. The Bertz CT molecular complexity index is 205. The van der Waals surface area contributed by atoms with Gasteiger partial charge in [-0.25, -0.2) is 0 Å². The highest BCUT2D eigenvalue weighted by atomic mass is 32.2. The standard InChI is InChI=1S/C8H13NO2S/c1-3-9(2)8(11)6-4-7(10)12-5-6/h6H,3-5H2,1-2H3. The van der Waals surface area contributed by atoms with Crippen molar-refractivity contribution in [3.63, 3.8) is 0 Å². The van der Waals surface area contributed by atoms with Gasteiger partial charge in [0.15, 0.2) is 5.12 Å². The monoisotopic (exact) mass is 187 g/mol. The number of hydrogen-bond donors (Lipinski definition) is 0. The van der Waals surface area contributed by atoms with E-state index < -0.39 is 0 Å². The van der Waals surface area contributed by atoms with Gasteiger partial charge in [0.1, 0.15) is 0 Å². The van der Waals surface area contributed by atoms with Crippen molar-refractivity contribution in [1.29, 1.82) is 0 Å². The topological polar surface area (TPSA) is 37.4 Å². The SMILES string of the molecule is CCN(C)C(=O)C1CSC(=O)C1. The molecule has 0 N–H and O–H groups in total. The Kier molecular flexibility index (Phi) is 3.14. The first kappa shape index (κ1) is 9.58. The van der Waals surface area contributed by atoms with Gasteiger partial charge in [0, 0.05) is 25.8 Å². The van der Waals surface area contributed by atoms with Crippen molar-refractivity contribution in [3.05, 3.63) is 0 Å². The third kappa shape index (κ3) is 2.00. The summed E-state index contributed by atoms with van der Waals surface area (Å²) in [6.45, 7) is 2.65. The van der Waals surface area contributed by atoms with Crippen LogP contribution >= 0.6 is 11.8 Å². The Morgan fingerprint density at radius 1 is 1.75 bits per heavy atom. The summed E-state index contributed by atoms with van der Waals surface area (Å²) in [7, 11) is 1.77. The maximum atomic E-state index is 11.5. The molecule has 1 rings (SSSR count). The van der Waals surface area contributed by atoms with Crippen molar-refractivity contribution in [2.45, 2.75) is 13.3 Å². The molecule has 1 aliphatic heterocycles. The number of amides is 1. The number of hydrogen-bond acceptors (Lipinski definition) is 3. The summed E-state index contributed by atoms with van der Waals surface area (Å²) in [6, 6.07) is 0. The van der Waals surface area contributed by atoms with E-state index in [9.17, 15) is 9.59 Å². The van der Waals surface area contributed by atoms with Gasteiger partial charge in [0.2, 0.25) is 5.91 Å². The van der Waals surface area contributed by atoms with E-state index in [0.717, 1.165) is 0 Å². The molecule has 12 heavy (non-hydrogen) atoms. The van der Waals surface area contributed by atoms with Crippen molar-refractivity contribution < 1.29 is 9.59 Å². The third-order valence-electron chi connectivity index (χ3n) is 2.06. The van der Waals surface area contributed by atoms with Gasteiger partial charge in [-0.2, -0.15) is 0 Å². The van der Waals surface area contributed by atoms with Crippen LogP contribution in [0.1, 0.15) is 13.3 Å². The molecule has 0 aliphatic carbocycles. The zero-order valence-electron chi connectivity index (χ0n) is 7.37. The first-order valence-electron chi connectivity index (χ1n) is 4.05. The zero-order chi connectivity index (χ0) is 9.14. The highest BCUT2D eigenvalue weighted by Crippen LogP contribution is 2.26. The molecule has 0 saturated carbocycles. The maximum absolute atomic E-state index is 11.5. The first-order valence-corrected chi connectivity index (χ1v) is 5.04. The maximum Gasteiger partial charge on any atom is 0.226 e. The number of carbonyl (C=O) groups excluding carboxylic acids is 2. The van der Waals surface area contributed by atoms with E-state index in [2.05, 4.69) is 0 Å². The number of carbonyl (C=O) groups is 2. The minimum absolute atomic E-state index is 0.0625. The van der Waals surface area contributed by atoms with Gasteiger partial charge >= 0.3 is 0 Å². The lowest BCUT2D eigenvalue weighted by atomic mass is 10.1. The summed E-state index contributed by atoms with van der Waals surface area (Å²) in [4.78, 5) is 24.0. The fraction of sp³-hybridized carbons (Fsp3) is 0.750. The average molecular weight is 187 g/mol. The van der Waals surface area contributed by atoms with E-state index in [1.54, 1.807) is 11.9 Å². The molecule has 1 atom stereocenters. The minimum Gasteiger partial charge on any atom is -0.346 e. The van der Waals surface area contributed by atoms with Crippen molar-refractivity contribution >= 4 is 22.8 Å². The predicted molar refractivity (Wildman–Crippen MR) is 48.9 cm³/mol. The molecule has 0 radical (unpaired) electrons. The lowest BCUT2D eigenvalue weighted by molar-refractivity contribution is -0.134. The summed E-state index contributed by atoms with van der Waals surface area (Å²) >= 11 is 1.28. The molecule has 0 bridgehead atoms. The quantitative estimate of drug-likeness (QED) is 0.640. The van der Waals surface area contributed by atoms with Crippen LogP contribution in [0.3, 0.4) is 0 Å². The summed E-state index contributed by atoms with van der Waals surface area (Å²) in [6.07, 6.45) is 0.424. The molecular weight excluding hydrogens is 174 g/mol. The van der Waals surface area contributed by atoms with Gasteiger partial charge in [-0.3, -0.25) is 9.59 Å². The normalized spacial score (nSPS) is 22.8. The van der Waals surface area contributed by atoms with E-state index >= 15 is 0 Å². The van der Waals surface area contributed by atoms with Gasteiger partial charge in [-0.1, -0.05) is 11.8 Å². The Hall–Kier alpha value is -0.510. The molecule has 4 heteroatoms. The van der Waals surface area contributed by atoms with Crippen LogP contribution in [0.4, 0.5) is 0 Å². The van der Waals surface area contributed by atoms with Crippen LogP contribution in [0.2, 0.25) is 0 Å². The van der Waals surface area contributed by atoms with Crippen LogP contribution in [-0.4, -0.2) is 35.3 Å². The summed E-state index contributed by atoms with van der Waals surface area (Å²) in [5, 5.41) is 0.151. The van der Waals surface area contributed by atoms with Crippen LogP contribution in [0, 0.1) is 5.92 Å². The minimum atomic E-state index is -0.0625. The van der Waals surface area contributed by atoms with Crippen molar-refractivity contribution in [3.8, 4) is 0 Å². The Morgan fingerprint density at radius 2 is 2.42 bits per heavy atom. The molecule has 1 aliphatic rings. The van der Waals surface area contributed by atoms with Crippen LogP contribution in [0.5, 0.6) is 0 Å². The summed E-state index contributed by atoms with van der Waals surface area (Å²) in [5.41, 5.74) is 0. The molecule has 68 valence electrons. The smallest absolute Gasteiger partial charge is 0.226 e. The molecule has 1 heterocycles. The average Bonchev–Trinajstić information content (AvgIpc) is 2.49. The molecule has 1 saturated heterocycles. The summed E-state index contributed by atoms with van der Waals surface area (Å²) in [5.74, 6) is 0.713. The lowest BCUT2D eigenvalue weighted by Gasteiger charge is -2.17. The van der Waals surface area contributed by atoms with Gasteiger partial charge < -0.3 is 4.90 Å². The van der Waals surface area contributed by atoms with E-state index in [0.29, 0.717) is 18.7 Å². The van der Waals surface area contributed by atoms with E-state index in [1.807, 2.05) is 6.92 Å². The van der Waals surface area contributed by atoms with Crippen molar-refractivity contribution in [1.82, 2.24) is 4.90 Å². The third-order valence-corrected chi connectivity index (χ3v) is 3.12. The second kappa shape index (κ2) is 3.94.